The van der Waals surface area contributed by atoms with Crippen molar-refractivity contribution in [1.29, 1.82) is 0 Å². The number of rotatable bonds is 5. The molecule has 0 bridgehead atoms. The summed E-state index contributed by atoms with van der Waals surface area (Å²) in [7, 11) is 0. The summed E-state index contributed by atoms with van der Waals surface area (Å²) in [6.07, 6.45) is 6.46. The van der Waals surface area contributed by atoms with E-state index < -0.39 is 5.97 Å². The number of pyridine rings is 1. The number of anilines is 1. The van der Waals surface area contributed by atoms with Crippen LogP contribution in [0, 0.1) is 19.8 Å². The van der Waals surface area contributed by atoms with Crippen LogP contribution in [0.1, 0.15) is 53.8 Å². The maximum absolute atomic E-state index is 11.3. The molecule has 4 nitrogen and oxygen atoms in total. The van der Waals surface area contributed by atoms with Gasteiger partial charge in [-0.15, -0.1) is 0 Å². The highest BCUT2D eigenvalue weighted by Gasteiger charge is 2.17. The summed E-state index contributed by atoms with van der Waals surface area (Å²) in [5, 5.41) is 12.6. The Morgan fingerprint density at radius 3 is 2.74 bits per heavy atom. The highest BCUT2D eigenvalue weighted by atomic mass is 16.4. The molecule has 1 heterocycles. The fourth-order valence-electron chi connectivity index (χ4n) is 2.95. The lowest BCUT2D eigenvalue weighted by atomic mass is 10.0. The van der Waals surface area contributed by atoms with Crippen molar-refractivity contribution in [3.05, 3.63) is 23.0 Å². The molecule has 4 heteroatoms. The highest BCUT2D eigenvalue weighted by Crippen LogP contribution is 2.28. The van der Waals surface area contributed by atoms with E-state index in [1.54, 1.807) is 6.92 Å². The second-order valence-electron chi connectivity index (χ2n) is 5.44. The van der Waals surface area contributed by atoms with Gasteiger partial charge in [0.1, 0.15) is 5.56 Å². The second-order valence-corrected chi connectivity index (χ2v) is 5.44. The minimum Gasteiger partial charge on any atom is -0.478 e. The molecule has 2 N–H and O–H groups in total. The van der Waals surface area contributed by atoms with Gasteiger partial charge < -0.3 is 10.4 Å². The Morgan fingerprint density at radius 2 is 2.11 bits per heavy atom. The molecule has 0 spiro atoms. The van der Waals surface area contributed by atoms with E-state index in [2.05, 4.69) is 10.3 Å². The van der Waals surface area contributed by atoms with E-state index in [0.29, 0.717) is 16.9 Å². The molecule has 0 radical (unpaired) electrons. The van der Waals surface area contributed by atoms with E-state index in [1.165, 1.54) is 25.7 Å². The molecular weight excluding hydrogens is 240 g/mol. The van der Waals surface area contributed by atoms with Gasteiger partial charge in [0.2, 0.25) is 0 Å². The summed E-state index contributed by atoms with van der Waals surface area (Å²) in [4.78, 5) is 15.5. The van der Waals surface area contributed by atoms with Gasteiger partial charge in [-0.2, -0.15) is 0 Å². The van der Waals surface area contributed by atoms with Gasteiger partial charge in [-0.25, -0.2) is 4.79 Å². The Morgan fingerprint density at radius 1 is 1.42 bits per heavy atom. The van der Waals surface area contributed by atoms with Crippen LogP contribution in [0.3, 0.4) is 0 Å². The van der Waals surface area contributed by atoms with Crippen LogP contribution >= 0.6 is 0 Å². The van der Waals surface area contributed by atoms with Crippen molar-refractivity contribution < 1.29 is 9.90 Å². The van der Waals surface area contributed by atoms with Gasteiger partial charge in [-0.05, 0) is 32.3 Å². The number of aryl methyl sites for hydroxylation is 2. The van der Waals surface area contributed by atoms with Gasteiger partial charge in [0.15, 0.2) is 0 Å². The number of carbonyl (C=O) groups is 1. The van der Waals surface area contributed by atoms with Crippen LogP contribution in [0.5, 0.6) is 0 Å². The fraction of sp³-hybridized carbons (Fsp3) is 0.600. The zero-order valence-electron chi connectivity index (χ0n) is 11.7. The Kier molecular flexibility index (Phi) is 4.40. The zero-order chi connectivity index (χ0) is 13.8. The van der Waals surface area contributed by atoms with Crippen LogP contribution in [0.2, 0.25) is 0 Å². The van der Waals surface area contributed by atoms with Crippen molar-refractivity contribution in [3.8, 4) is 0 Å². The molecule has 19 heavy (non-hydrogen) atoms. The molecule has 2 rings (SSSR count). The van der Waals surface area contributed by atoms with Crippen molar-refractivity contribution in [3.63, 3.8) is 0 Å². The third-order valence-corrected chi connectivity index (χ3v) is 3.89. The van der Waals surface area contributed by atoms with E-state index in [9.17, 15) is 9.90 Å². The summed E-state index contributed by atoms with van der Waals surface area (Å²) < 4.78 is 0. The van der Waals surface area contributed by atoms with Crippen LogP contribution in [0.25, 0.3) is 0 Å². The van der Waals surface area contributed by atoms with E-state index in [0.717, 1.165) is 24.6 Å². The minimum atomic E-state index is -0.909. The predicted octanol–water partition coefficient (Wildman–Crippen LogP) is 3.39. The molecule has 0 saturated heterocycles. The zero-order valence-corrected chi connectivity index (χ0v) is 11.7. The van der Waals surface area contributed by atoms with Gasteiger partial charge in [0.25, 0.3) is 0 Å². The third-order valence-electron chi connectivity index (χ3n) is 3.89. The van der Waals surface area contributed by atoms with E-state index in [1.807, 2.05) is 13.0 Å². The first-order valence-electron chi connectivity index (χ1n) is 7.03. The number of aromatic carboxylic acids is 1. The molecule has 0 amide bonds. The Balaban J connectivity index is 2.03. The molecule has 1 aromatic rings. The maximum Gasteiger partial charge on any atom is 0.339 e. The van der Waals surface area contributed by atoms with Crippen LogP contribution < -0.4 is 5.32 Å². The third kappa shape index (κ3) is 3.46. The lowest BCUT2D eigenvalue weighted by molar-refractivity contribution is 0.0696. The van der Waals surface area contributed by atoms with Gasteiger partial charge in [0.05, 0.1) is 11.4 Å². The number of carboxylic acid groups (broad SMARTS) is 1. The fourth-order valence-corrected chi connectivity index (χ4v) is 2.95. The van der Waals surface area contributed by atoms with Crippen molar-refractivity contribution in [2.75, 3.05) is 11.9 Å². The van der Waals surface area contributed by atoms with Crippen molar-refractivity contribution in [2.24, 2.45) is 5.92 Å². The van der Waals surface area contributed by atoms with Crippen LogP contribution in [-0.4, -0.2) is 22.6 Å². The maximum atomic E-state index is 11.3. The molecule has 1 fully saturated rings. The Bertz CT molecular complexity index is 465. The first kappa shape index (κ1) is 13.8. The smallest absolute Gasteiger partial charge is 0.339 e. The predicted molar refractivity (Wildman–Crippen MR) is 75.7 cm³/mol. The number of nitrogens with zero attached hydrogens (tertiary/aromatic N) is 1. The molecule has 0 aliphatic heterocycles. The molecule has 0 atom stereocenters. The van der Waals surface area contributed by atoms with Crippen LogP contribution in [-0.2, 0) is 0 Å². The molecule has 0 unspecified atom stereocenters. The van der Waals surface area contributed by atoms with Crippen LogP contribution in [0.4, 0.5) is 5.69 Å². The average Bonchev–Trinajstić information content (AvgIpc) is 2.80. The van der Waals surface area contributed by atoms with Crippen molar-refractivity contribution in [1.82, 2.24) is 4.98 Å². The van der Waals surface area contributed by atoms with E-state index in [-0.39, 0.29) is 0 Å². The normalized spacial score (nSPS) is 15.7. The van der Waals surface area contributed by atoms with Gasteiger partial charge in [-0.1, -0.05) is 25.7 Å². The largest absolute Gasteiger partial charge is 0.478 e. The van der Waals surface area contributed by atoms with Crippen LogP contribution in [0.15, 0.2) is 6.07 Å². The minimum absolute atomic E-state index is 0.303. The number of aromatic nitrogens is 1. The summed E-state index contributed by atoms with van der Waals surface area (Å²) in [6, 6.07) is 1.82. The topological polar surface area (TPSA) is 62.2 Å². The number of hydrogen-bond donors (Lipinski definition) is 2. The highest BCUT2D eigenvalue weighted by molar-refractivity contribution is 5.95. The van der Waals surface area contributed by atoms with Gasteiger partial charge in [-0.3, -0.25) is 4.98 Å². The molecule has 0 aromatic carbocycles. The SMILES string of the molecule is Cc1cc(NCCC2CCCC2)c(C(=O)O)c(C)n1. The quantitative estimate of drug-likeness (QED) is 0.853. The summed E-state index contributed by atoms with van der Waals surface area (Å²) in [5.41, 5.74) is 2.44. The molecule has 1 saturated carbocycles. The van der Waals surface area contributed by atoms with Gasteiger partial charge >= 0.3 is 5.97 Å². The molecule has 1 aromatic heterocycles. The van der Waals surface area contributed by atoms with E-state index >= 15 is 0 Å². The Hall–Kier alpha value is -1.58. The van der Waals surface area contributed by atoms with Crippen molar-refractivity contribution >= 4 is 11.7 Å². The average molecular weight is 262 g/mol. The molecular formula is C15H22N2O2. The lowest BCUT2D eigenvalue weighted by Gasteiger charge is -2.14. The lowest BCUT2D eigenvalue weighted by Crippen LogP contribution is -2.13. The molecule has 1 aliphatic carbocycles. The number of hydrogen-bond acceptors (Lipinski definition) is 3. The first-order valence-corrected chi connectivity index (χ1v) is 7.03. The van der Waals surface area contributed by atoms with Crippen molar-refractivity contribution in [2.45, 2.75) is 46.0 Å². The number of carboxylic acids is 1. The Labute approximate surface area is 114 Å². The van der Waals surface area contributed by atoms with Gasteiger partial charge in [0, 0.05) is 12.2 Å². The monoisotopic (exact) mass is 262 g/mol. The molecule has 1 aliphatic rings. The standard InChI is InChI=1S/C15H22N2O2/c1-10-9-13(14(15(18)19)11(2)17-10)16-8-7-12-5-3-4-6-12/h9,12H,3-8H2,1-2H3,(H,16,17)(H,18,19). The first-order chi connectivity index (χ1) is 9.08. The summed E-state index contributed by atoms with van der Waals surface area (Å²) in [6.45, 7) is 4.48. The summed E-state index contributed by atoms with van der Waals surface area (Å²) in [5.74, 6) is -0.0989. The van der Waals surface area contributed by atoms with E-state index in [4.69, 9.17) is 0 Å². The molecule has 104 valence electrons. The number of nitrogens with one attached hydrogen (secondary N) is 1. The second kappa shape index (κ2) is 6.04. The summed E-state index contributed by atoms with van der Waals surface area (Å²) >= 11 is 0.